The minimum atomic E-state index is -1.06. The second-order valence-corrected chi connectivity index (χ2v) is 21.9. The number of para-hydroxylation sites is 1. The number of ether oxygens (including phenoxy) is 2. The third-order valence-electron chi connectivity index (χ3n) is 15.9. The third kappa shape index (κ3) is 17.2. The maximum Gasteiger partial charge on any atom is 0.307 e. The smallest absolute Gasteiger partial charge is 0.307 e. The van der Waals surface area contributed by atoms with Crippen molar-refractivity contribution >= 4 is 63.8 Å². The fourth-order valence-corrected chi connectivity index (χ4v) is 11.3. The van der Waals surface area contributed by atoms with Crippen molar-refractivity contribution < 1.29 is 57.7 Å². The van der Waals surface area contributed by atoms with E-state index in [4.69, 9.17) is 9.47 Å². The number of amides is 5. The van der Waals surface area contributed by atoms with E-state index in [1.54, 1.807) is 30.0 Å². The quantitative estimate of drug-likeness (QED) is 0.0500. The van der Waals surface area contributed by atoms with Gasteiger partial charge in [0.2, 0.25) is 17.7 Å². The maximum absolute atomic E-state index is 14.7. The first-order valence-corrected chi connectivity index (χ1v) is 27.5. The van der Waals surface area contributed by atoms with Gasteiger partial charge in [-0.3, -0.25) is 53.0 Å². The largest absolute Gasteiger partial charge is 0.481 e. The molecule has 3 heterocycles. The summed E-state index contributed by atoms with van der Waals surface area (Å²) in [6.07, 6.45) is 7.50. The van der Waals surface area contributed by atoms with Crippen LogP contribution in [0.5, 0.6) is 0 Å². The molecule has 5 amide bonds. The molecule has 1 saturated heterocycles. The van der Waals surface area contributed by atoms with Crippen LogP contribution in [0.4, 0.5) is 0 Å². The lowest BCUT2D eigenvalue weighted by atomic mass is 9.83. The first-order chi connectivity index (χ1) is 36.1. The number of benzene rings is 1. The van der Waals surface area contributed by atoms with Crippen molar-refractivity contribution in [3.63, 3.8) is 0 Å². The molecular formula is C58H88N6O12. The molecule has 0 radical (unpaired) electrons. The molecule has 1 aromatic carbocycles. The molecular weight excluding hydrogens is 973 g/mol. The van der Waals surface area contributed by atoms with Gasteiger partial charge in [0.05, 0.1) is 49.2 Å². The number of aromatic amines is 1. The Morgan fingerprint density at radius 3 is 2.14 bits per heavy atom. The molecule has 0 spiro atoms. The lowest BCUT2D eigenvalue weighted by Gasteiger charge is -2.41. The number of hydrogen-bond donors (Lipinski definition) is 3. The number of fused-ring (bicyclic) bond motifs is 1. The predicted octanol–water partition coefficient (Wildman–Crippen LogP) is 6.43. The number of carbonyl (C=O) groups excluding carboxylic acids is 8. The van der Waals surface area contributed by atoms with Crippen molar-refractivity contribution in [3.8, 4) is 0 Å². The molecule has 0 saturated carbocycles. The molecule has 0 aliphatic carbocycles. The Kier molecular flexibility index (Phi) is 25.2. The number of rotatable bonds is 35. The molecule has 0 unspecified atom stereocenters. The van der Waals surface area contributed by atoms with Crippen molar-refractivity contribution in [1.29, 1.82) is 0 Å². The fraction of sp³-hybridized carbons (Fsp3) is 0.672. The zero-order valence-corrected chi connectivity index (χ0v) is 47.1. The van der Waals surface area contributed by atoms with Crippen LogP contribution in [0.2, 0.25) is 0 Å². The van der Waals surface area contributed by atoms with Gasteiger partial charge in [0, 0.05) is 101 Å². The standard InChI is InChI=1S/C58H88N6O12/c1-12-38(6)55(49(75-10)33-53(71)63-29-19-23-46(63)56(76-11)39(7)47(66)31-40(58(73)74)30-41-34-59-45-22-16-15-21-43(41)45)62(9)57(72)44(36(2)3)32-48(67)54(37(4)5)61(8)27-18-20-42(65)35-60-50(68)24-14-13-17-28-64-51(69)25-26-52(64)70/h15-16,21-22,25-26,34,36-40,44,46,49,54-56,59H,12-14,17-20,23-24,27-33,35H2,1-11H3,(H,60,68)(H,73,74)/t38-,39-,40+,44-,46-,49+,54-,55-,56+/m0/s1. The predicted molar refractivity (Wildman–Crippen MR) is 290 cm³/mol. The highest BCUT2D eigenvalue weighted by Gasteiger charge is 2.44. The molecule has 4 rings (SSSR count). The summed E-state index contributed by atoms with van der Waals surface area (Å²) < 4.78 is 12.1. The molecule has 76 heavy (non-hydrogen) atoms. The van der Waals surface area contributed by atoms with Gasteiger partial charge >= 0.3 is 5.97 Å². The number of Topliss-reactive ketones (excluding diaryl/α,β-unsaturated/α-hetero) is 3. The minimum Gasteiger partial charge on any atom is -0.481 e. The number of methoxy groups -OCH3 is 2. The van der Waals surface area contributed by atoms with Crippen molar-refractivity contribution in [2.75, 3.05) is 54.5 Å². The van der Waals surface area contributed by atoms with Crippen LogP contribution in [0.1, 0.15) is 131 Å². The number of aliphatic carboxylic acids is 1. The Morgan fingerprint density at radius 1 is 0.842 bits per heavy atom. The third-order valence-corrected chi connectivity index (χ3v) is 15.9. The van der Waals surface area contributed by atoms with Crippen LogP contribution in [0, 0.1) is 35.5 Å². The number of unbranched alkanes of at least 4 members (excludes halogenated alkanes) is 2. The first kappa shape index (κ1) is 62.9. The highest BCUT2D eigenvalue weighted by Crippen LogP contribution is 2.32. The zero-order chi connectivity index (χ0) is 56.4. The summed E-state index contributed by atoms with van der Waals surface area (Å²) in [5.41, 5.74) is 1.71. The topological polar surface area (TPSA) is 233 Å². The molecule has 2 aliphatic rings. The van der Waals surface area contributed by atoms with Gasteiger partial charge in [-0.2, -0.15) is 0 Å². The number of H-pyrrole nitrogens is 1. The number of imide groups is 1. The van der Waals surface area contributed by atoms with Gasteiger partial charge in [-0.1, -0.05) is 79.5 Å². The van der Waals surface area contributed by atoms with Crippen molar-refractivity contribution in [2.45, 2.75) is 162 Å². The highest BCUT2D eigenvalue weighted by molar-refractivity contribution is 6.12. The second-order valence-electron chi connectivity index (χ2n) is 21.9. The van der Waals surface area contributed by atoms with Gasteiger partial charge in [0.15, 0.2) is 11.6 Å². The van der Waals surface area contributed by atoms with Crippen LogP contribution in [0.25, 0.3) is 10.9 Å². The van der Waals surface area contributed by atoms with Gasteiger partial charge in [0.25, 0.3) is 11.8 Å². The summed E-state index contributed by atoms with van der Waals surface area (Å²) in [5.74, 6) is -5.56. The summed E-state index contributed by atoms with van der Waals surface area (Å²) in [7, 11) is 6.62. The van der Waals surface area contributed by atoms with Gasteiger partial charge < -0.3 is 34.7 Å². The van der Waals surface area contributed by atoms with Gasteiger partial charge in [-0.05, 0) is 81.5 Å². The molecule has 2 aliphatic heterocycles. The molecule has 422 valence electrons. The molecule has 0 bridgehead atoms. The summed E-state index contributed by atoms with van der Waals surface area (Å²) in [5, 5.41) is 13.8. The fourth-order valence-electron chi connectivity index (χ4n) is 11.3. The summed E-state index contributed by atoms with van der Waals surface area (Å²) >= 11 is 0. The van der Waals surface area contributed by atoms with Crippen molar-refractivity contribution in [3.05, 3.63) is 48.2 Å². The zero-order valence-electron chi connectivity index (χ0n) is 47.1. The molecule has 18 heteroatoms. The van der Waals surface area contributed by atoms with Crippen molar-refractivity contribution in [2.24, 2.45) is 35.5 Å². The molecule has 2 aromatic rings. The number of nitrogens with zero attached hydrogens (tertiary/aromatic N) is 4. The summed E-state index contributed by atoms with van der Waals surface area (Å²) in [6, 6.07) is 6.14. The van der Waals surface area contributed by atoms with Gasteiger partial charge in [-0.25, -0.2) is 0 Å². The SMILES string of the molecule is CC[C@H](C)[C@@H]([C@@H](CC(=O)N1CCC[C@H]1[C@H](OC)[C@@H](C)C(=O)C[C@@H](Cc1c[nH]c2ccccc12)C(=O)O)OC)N(C)C(=O)[C@@H](CC(=O)[C@H](C(C)C)N(C)CCCC(=O)CNC(=O)CCCCCN1C(=O)C=CC1=O)C(C)C. The van der Waals surface area contributed by atoms with E-state index in [1.807, 2.05) is 77.8 Å². The molecule has 9 atom stereocenters. The second kappa shape index (κ2) is 30.4. The Labute approximate surface area is 450 Å². The van der Waals surface area contributed by atoms with E-state index < -0.39 is 54.1 Å². The number of likely N-dealkylation sites (tertiary alicyclic amines) is 1. The van der Waals surface area contributed by atoms with Crippen LogP contribution in [-0.4, -0.2) is 167 Å². The van der Waals surface area contributed by atoms with E-state index in [9.17, 15) is 48.3 Å². The maximum atomic E-state index is 14.7. The van der Waals surface area contributed by atoms with Crippen LogP contribution in [0.3, 0.4) is 0 Å². The van der Waals surface area contributed by atoms with Gasteiger partial charge in [0.1, 0.15) is 5.78 Å². The lowest BCUT2D eigenvalue weighted by Crippen LogP contribution is -2.54. The van der Waals surface area contributed by atoms with E-state index in [0.29, 0.717) is 64.6 Å². The number of hydrogen-bond acceptors (Lipinski definition) is 12. The Hall–Kier alpha value is -5.59. The molecule has 3 N–H and O–H groups in total. The Morgan fingerprint density at radius 2 is 1.53 bits per heavy atom. The van der Waals surface area contributed by atoms with Crippen LogP contribution in [-0.2, 0) is 59.0 Å². The molecule has 1 fully saturated rings. The number of carbonyl (C=O) groups is 9. The molecule has 18 nitrogen and oxygen atoms in total. The number of nitrogens with one attached hydrogen (secondary N) is 2. The minimum absolute atomic E-state index is 0.00445. The average Bonchev–Trinajstić information content (AvgIpc) is 4.12. The number of aromatic nitrogens is 1. The van der Waals surface area contributed by atoms with Crippen molar-refractivity contribution in [1.82, 2.24) is 29.9 Å². The van der Waals surface area contributed by atoms with E-state index in [0.717, 1.165) is 16.5 Å². The van der Waals surface area contributed by atoms with E-state index in [1.165, 1.54) is 31.3 Å². The number of likely N-dealkylation sites (N-methyl/N-ethyl adjacent to an activating group) is 2. The number of carboxylic acids is 1. The number of ketones is 3. The average molecular weight is 1060 g/mol. The van der Waals surface area contributed by atoms with E-state index in [-0.39, 0.29) is 110 Å². The molecule has 1 aromatic heterocycles. The summed E-state index contributed by atoms with van der Waals surface area (Å²) in [4.78, 5) is 128. The normalized spacial score (nSPS) is 18.0. The first-order valence-electron chi connectivity index (χ1n) is 27.5. The number of carboxylic acid groups (broad SMARTS) is 1. The lowest BCUT2D eigenvalue weighted by molar-refractivity contribution is -0.149. The highest BCUT2D eigenvalue weighted by atomic mass is 16.5. The van der Waals surface area contributed by atoms with Gasteiger partial charge in [-0.15, -0.1) is 0 Å². The van der Waals surface area contributed by atoms with Crippen LogP contribution >= 0.6 is 0 Å². The van der Waals surface area contributed by atoms with E-state index in [2.05, 4.69) is 10.3 Å². The van der Waals surface area contributed by atoms with E-state index >= 15 is 0 Å². The summed E-state index contributed by atoms with van der Waals surface area (Å²) in [6.45, 7) is 14.6. The Bertz CT molecular complexity index is 2330. The van der Waals surface area contributed by atoms with Crippen LogP contribution < -0.4 is 5.32 Å². The Balaban J connectivity index is 1.33. The monoisotopic (exact) mass is 1060 g/mol. The van der Waals surface area contributed by atoms with Crippen LogP contribution in [0.15, 0.2) is 42.6 Å².